The number of nitrogens with zero attached hydrogens (tertiary/aromatic N) is 2. The van der Waals surface area contributed by atoms with Crippen LogP contribution in [0.3, 0.4) is 0 Å². The fraction of sp³-hybridized carbons (Fsp3) is 0.761. The first-order chi connectivity index (χ1) is 26.3. The fourth-order valence-corrected chi connectivity index (χ4v) is 9.04. The molecule has 0 unspecified atom stereocenters. The number of likely N-dealkylation sites (tertiary alicyclic amines) is 1. The van der Waals surface area contributed by atoms with E-state index >= 15 is 0 Å². The number of carbonyl (C=O) groups is 5. The zero-order chi connectivity index (χ0) is 42.0. The van der Waals surface area contributed by atoms with Crippen molar-refractivity contribution in [1.82, 2.24) is 9.80 Å². The monoisotopic (exact) mass is 783 g/mol. The van der Waals surface area contributed by atoms with E-state index in [1.165, 1.54) is 0 Å². The zero-order valence-electron chi connectivity index (χ0n) is 36.7. The topological polar surface area (TPSA) is 120 Å². The van der Waals surface area contributed by atoms with Gasteiger partial charge in [0.2, 0.25) is 11.8 Å². The molecule has 2 aliphatic rings. The molecule has 1 saturated heterocycles. The highest BCUT2D eigenvalue weighted by Gasteiger charge is 2.44. The molecule has 1 aliphatic carbocycles. The third kappa shape index (κ3) is 12.4. The second-order valence-corrected chi connectivity index (χ2v) is 18.4. The molecule has 0 spiro atoms. The number of hydrogen-bond donors (Lipinski definition) is 0. The molecule has 1 aliphatic heterocycles. The summed E-state index contributed by atoms with van der Waals surface area (Å²) in [6.07, 6.45) is 5.53. The fourth-order valence-electron chi connectivity index (χ4n) is 9.04. The van der Waals surface area contributed by atoms with Gasteiger partial charge in [0.1, 0.15) is 17.2 Å². The molecule has 10 nitrogen and oxygen atoms in total. The van der Waals surface area contributed by atoms with E-state index in [9.17, 15) is 24.0 Å². The maximum atomic E-state index is 14.3. The number of likely N-dealkylation sites (N-methyl/N-ethyl adjacent to an activating group) is 1. The summed E-state index contributed by atoms with van der Waals surface area (Å²) in [5.74, 6) is -2.28. The number of ether oxygens (including phenoxy) is 3. The number of carbonyl (C=O) groups excluding carboxylic acids is 5. The highest BCUT2D eigenvalue weighted by atomic mass is 16.6. The summed E-state index contributed by atoms with van der Waals surface area (Å²) in [6, 6.07) is 8.89. The molecule has 316 valence electrons. The van der Waals surface area contributed by atoms with Crippen LogP contribution in [-0.4, -0.2) is 96.9 Å². The molecule has 1 saturated carbocycles. The molecule has 8 atom stereocenters. The Kier molecular flexibility index (Phi) is 17.8. The molecule has 0 bridgehead atoms. The maximum absolute atomic E-state index is 14.3. The lowest BCUT2D eigenvalue weighted by Gasteiger charge is -2.41. The Balaban J connectivity index is 1.79. The average Bonchev–Trinajstić information content (AvgIpc) is 3.82. The number of Topliss-reactive ketones (excluding diaryl/α,β-unsaturated/α-hetero) is 2. The number of rotatable bonds is 21. The molecular weight excluding hydrogens is 709 g/mol. The van der Waals surface area contributed by atoms with Crippen LogP contribution in [-0.2, 0) is 44.6 Å². The molecule has 1 aromatic rings. The van der Waals surface area contributed by atoms with Crippen molar-refractivity contribution in [3.05, 3.63) is 35.9 Å². The van der Waals surface area contributed by atoms with Gasteiger partial charge in [0, 0.05) is 57.9 Å². The lowest BCUT2D eigenvalue weighted by Crippen LogP contribution is -2.54. The Morgan fingerprint density at radius 2 is 1.54 bits per heavy atom. The number of benzene rings is 1. The summed E-state index contributed by atoms with van der Waals surface area (Å²) in [4.78, 5) is 73.1. The maximum Gasteiger partial charge on any atom is 0.310 e. The summed E-state index contributed by atoms with van der Waals surface area (Å²) in [6.45, 7) is 18.0. The van der Waals surface area contributed by atoms with Crippen LogP contribution >= 0.6 is 0 Å². The van der Waals surface area contributed by atoms with Crippen molar-refractivity contribution >= 4 is 29.4 Å². The second-order valence-electron chi connectivity index (χ2n) is 18.4. The normalized spacial score (nSPS) is 20.8. The predicted octanol–water partition coefficient (Wildman–Crippen LogP) is 7.88. The van der Waals surface area contributed by atoms with E-state index < -0.39 is 47.6 Å². The molecule has 1 aromatic carbocycles. The van der Waals surface area contributed by atoms with Crippen molar-refractivity contribution in [2.45, 2.75) is 163 Å². The quantitative estimate of drug-likeness (QED) is 0.116. The van der Waals surface area contributed by atoms with Gasteiger partial charge in [-0.05, 0) is 70.3 Å². The zero-order valence-corrected chi connectivity index (χ0v) is 36.7. The summed E-state index contributed by atoms with van der Waals surface area (Å²) in [5, 5.41) is 0. The highest BCUT2D eigenvalue weighted by Crippen LogP contribution is 2.41. The molecule has 3 rings (SSSR count). The lowest BCUT2D eigenvalue weighted by molar-refractivity contribution is -0.161. The van der Waals surface area contributed by atoms with Crippen LogP contribution < -0.4 is 0 Å². The number of ketones is 2. The molecule has 2 amide bonds. The van der Waals surface area contributed by atoms with Gasteiger partial charge in [-0.25, -0.2) is 0 Å². The molecule has 0 N–H and O–H groups in total. The number of esters is 1. The van der Waals surface area contributed by atoms with Crippen molar-refractivity contribution < 1.29 is 38.2 Å². The van der Waals surface area contributed by atoms with Gasteiger partial charge in [-0.15, -0.1) is 0 Å². The summed E-state index contributed by atoms with van der Waals surface area (Å²) < 4.78 is 17.9. The van der Waals surface area contributed by atoms with E-state index in [1.54, 1.807) is 26.2 Å². The smallest absolute Gasteiger partial charge is 0.310 e. The van der Waals surface area contributed by atoms with Crippen LogP contribution in [0.5, 0.6) is 0 Å². The summed E-state index contributed by atoms with van der Waals surface area (Å²) in [5.41, 5.74) is -0.110. The number of amides is 2. The first-order valence-electron chi connectivity index (χ1n) is 21.2. The Hall–Kier alpha value is -3.11. The van der Waals surface area contributed by atoms with E-state index in [0.717, 1.165) is 44.1 Å². The molecule has 1 heterocycles. The van der Waals surface area contributed by atoms with E-state index in [0.29, 0.717) is 19.4 Å². The van der Waals surface area contributed by atoms with Gasteiger partial charge in [0.05, 0.1) is 36.6 Å². The van der Waals surface area contributed by atoms with Crippen LogP contribution in [0.15, 0.2) is 30.3 Å². The third-order valence-corrected chi connectivity index (χ3v) is 12.8. The van der Waals surface area contributed by atoms with Gasteiger partial charge in [0.15, 0.2) is 0 Å². The van der Waals surface area contributed by atoms with Gasteiger partial charge < -0.3 is 24.0 Å². The van der Waals surface area contributed by atoms with Crippen molar-refractivity contribution in [2.75, 3.05) is 27.8 Å². The minimum absolute atomic E-state index is 0.00356. The van der Waals surface area contributed by atoms with Gasteiger partial charge >= 0.3 is 5.97 Å². The Labute approximate surface area is 338 Å². The van der Waals surface area contributed by atoms with E-state index in [2.05, 4.69) is 13.8 Å². The van der Waals surface area contributed by atoms with E-state index in [-0.39, 0.29) is 65.9 Å². The Morgan fingerprint density at radius 1 is 0.911 bits per heavy atom. The van der Waals surface area contributed by atoms with Crippen LogP contribution in [0, 0.1) is 35.0 Å². The standard InChI is InChI=1S/C46H74N2O8/c1-13-31(4)41(47(10)43(52)35(30(2)3)28-39(50)46(9)23-17-18-24-46)38(54-11)29-40(51)48-25-19-22-36(48)42(55-12)32(5)37(49)27-34(44(53)56-45(6,7)8)26-33-20-15-14-16-21-33/h14-16,20-21,30-32,34-36,38,41-42H,13,17-19,22-29H2,1-12H3/t31-,32-,34+,35-,36-,38+,41-,42+/m0/s1. The Morgan fingerprint density at radius 3 is 2.07 bits per heavy atom. The molecule has 0 radical (unpaired) electrons. The number of hydrogen-bond acceptors (Lipinski definition) is 8. The molecular formula is C46H74N2O8. The first-order valence-corrected chi connectivity index (χ1v) is 21.2. The van der Waals surface area contributed by atoms with Crippen molar-refractivity contribution in [1.29, 1.82) is 0 Å². The van der Waals surface area contributed by atoms with E-state index in [4.69, 9.17) is 14.2 Å². The van der Waals surface area contributed by atoms with Crippen LogP contribution in [0.4, 0.5) is 0 Å². The summed E-state index contributed by atoms with van der Waals surface area (Å²) >= 11 is 0. The van der Waals surface area contributed by atoms with Crippen molar-refractivity contribution in [3.8, 4) is 0 Å². The van der Waals surface area contributed by atoms with E-state index in [1.807, 2.05) is 83.7 Å². The minimum Gasteiger partial charge on any atom is -0.460 e. The lowest BCUT2D eigenvalue weighted by atomic mass is 9.77. The van der Waals surface area contributed by atoms with Gasteiger partial charge in [0.25, 0.3) is 0 Å². The SMILES string of the molecule is CC[C@H](C)[C@@H]([C@@H](CC(=O)N1CCC[C@H]1[C@H](OC)[C@@H](C)C(=O)C[C@@H](Cc1ccccc1)C(=O)OC(C)(C)C)OC)N(C)C(=O)[C@@H](CC(=O)C1(C)CCCC1)C(C)C. The largest absolute Gasteiger partial charge is 0.460 e. The molecule has 10 heteroatoms. The van der Waals surface area contributed by atoms with Crippen molar-refractivity contribution in [2.24, 2.45) is 35.0 Å². The average molecular weight is 783 g/mol. The Bertz CT molecular complexity index is 1450. The minimum atomic E-state index is -0.695. The molecule has 2 fully saturated rings. The molecule has 0 aromatic heterocycles. The third-order valence-electron chi connectivity index (χ3n) is 12.8. The number of methoxy groups -OCH3 is 2. The van der Waals surface area contributed by atoms with Gasteiger partial charge in [-0.2, -0.15) is 0 Å². The first kappa shape index (κ1) is 47.3. The highest BCUT2D eigenvalue weighted by molar-refractivity contribution is 5.90. The molecule has 56 heavy (non-hydrogen) atoms. The van der Waals surface area contributed by atoms with Crippen LogP contribution in [0.1, 0.15) is 132 Å². The second kappa shape index (κ2) is 21.1. The van der Waals surface area contributed by atoms with Crippen molar-refractivity contribution in [3.63, 3.8) is 0 Å². The predicted molar refractivity (Wildman–Crippen MR) is 220 cm³/mol. The van der Waals surface area contributed by atoms with Crippen LogP contribution in [0.2, 0.25) is 0 Å². The summed E-state index contributed by atoms with van der Waals surface area (Å²) in [7, 11) is 4.96. The van der Waals surface area contributed by atoms with Gasteiger partial charge in [-0.1, -0.05) is 91.1 Å². The van der Waals surface area contributed by atoms with Crippen LogP contribution in [0.25, 0.3) is 0 Å². The van der Waals surface area contributed by atoms with Gasteiger partial charge in [-0.3, -0.25) is 24.0 Å².